The van der Waals surface area contributed by atoms with E-state index in [4.69, 9.17) is 20.4 Å². The molecule has 0 bridgehead atoms. The Bertz CT molecular complexity index is 3260. The van der Waals surface area contributed by atoms with Crippen LogP contribution < -0.4 is 10.5 Å². The minimum atomic E-state index is 0.365. The summed E-state index contributed by atoms with van der Waals surface area (Å²) in [5.41, 5.74) is 19.5. The maximum atomic E-state index is 6.87. The number of para-hydroxylation sites is 2. The van der Waals surface area contributed by atoms with Crippen LogP contribution in [0.1, 0.15) is 5.56 Å². The van der Waals surface area contributed by atoms with Crippen molar-refractivity contribution in [3.05, 3.63) is 206 Å². The van der Waals surface area contributed by atoms with E-state index in [0.29, 0.717) is 24.0 Å². The molecule has 0 spiro atoms. The average Bonchev–Trinajstić information content (AvgIpc) is 3.83. The normalized spacial score (nSPS) is 11.5. The van der Waals surface area contributed by atoms with Gasteiger partial charge < -0.3 is 15.0 Å². The maximum absolute atomic E-state index is 6.87. The van der Waals surface area contributed by atoms with Crippen LogP contribution in [0, 0.1) is 0 Å². The second kappa shape index (κ2) is 14.2. The monoisotopic (exact) mass is 759 g/mol. The lowest BCUT2D eigenvalue weighted by atomic mass is 9.99. The van der Waals surface area contributed by atoms with E-state index in [1.54, 1.807) is 0 Å². The van der Waals surface area contributed by atoms with Crippen LogP contribution in [0.2, 0.25) is 0 Å². The standard InChI is InChI=1S/C53H37N5O/c54-42-31-32-47-50(52(42)59-34-35-17-5-1-6-18-35)41-27-16-30-48(57-45-28-14-13-25-40(45)49-39(26-15-29-46(49)57)36-19-7-2-8-20-36)51(41)58(47)53-55-43(37-21-9-3-10-22-37)33-44(56-53)38-23-11-4-12-24-38/h1-33H,34,54H2. The molecule has 6 nitrogen and oxygen atoms in total. The van der Waals surface area contributed by atoms with Crippen molar-refractivity contribution in [3.63, 3.8) is 0 Å². The molecule has 0 saturated carbocycles. The molecule has 59 heavy (non-hydrogen) atoms. The highest BCUT2D eigenvalue weighted by atomic mass is 16.5. The molecule has 11 rings (SSSR count). The van der Waals surface area contributed by atoms with Gasteiger partial charge in [0.05, 0.1) is 50.2 Å². The Hall–Kier alpha value is -7.96. The van der Waals surface area contributed by atoms with Crippen LogP contribution in [-0.4, -0.2) is 19.1 Å². The molecule has 2 N–H and O–H groups in total. The van der Waals surface area contributed by atoms with E-state index in [1.807, 2.05) is 60.7 Å². The first kappa shape index (κ1) is 34.3. The number of hydrogen-bond acceptors (Lipinski definition) is 4. The molecule has 0 radical (unpaired) electrons. The van der Waals surface area contributed by atoms with Crippen LogP contribution in [0.5, 0.6) is 5.75 Å². The Balaban J connectivity index is 1.27. The second-order valence-electron chi connectivity index (χ2n) is 14.7. The van der Waals surface area contributed by atoms with Crippen molar-refractivity contribution >= 4 is 49.3 Å². The van der Waals surface area contributed by atoms with Gasteiger partial charge in [-0.2, -0.15) is 0 Å². The van der Waals surface area contributed by atoms with E-state index in [1.165, 1.54) is 21.9 Å². The molecule has 0 unspecified atom stereocenters. The van der Waals surface area contributed by atoms with Gasteiger partial charge in [0.25, 0.3) is 0 Å². The molecular weight excluding hydrogens is 723 g/mol. The van der Waals surface area contributed by atoms with Crippen molar-refractivity contribution in [1.82, 2.24) is 19.1 Å². The van der Waals surface area contributed by atoms with Crippen molar-refractivity contribution in [2.24, 2.45) is 0 Å². The van der Waals surface area contributed by atoms with Gasteiger partial charge >= 0.3 is 0 Å². The van der Waals surface area contributed by atoms with E-state index < -0.39 is 0 Å². The van der Waals surface area contributed by atoms with Gasteiger partial charge in [0.1, 0.15) is 6.61 Å². The van der Waals surface area contributed by atoms with E-state index in [9.17, 15) is 0 Å². The summed E-state index contributed by atoms with van der Waals surface area (Å²) in [4.78, 5) is 10.8. The van der Waals surface area contributed by atoms with Gasteiger partial charge in [0.2, 0.25) is 5.95 Å². The Morgan fingerprint density at radius 2 is 1.02 bits per heavy atom. The fourth-order valence-corrected chi connectivity index (χ4v) is 8.58. The summed E-state index contributed by atoms with van der Waals surface area (Å²) >= 11 is 0. The van der Waals surface area contributed by atoms with E-state index in [2.05, 4.69) is 149 Å². The van der Waals surface area contributed by atoms with Crippen molar-refractivity contribution in [1.29, 1.82) is 0 Å². The van der Waals surface area contributed by atoms with Gasteiger partial charge in [-0.25, -0.2) is 9.97 Å². The number of nitrogens with two attached hydrogens (primary N) is 1. The summed E-state index contributed by atoms with van der Waals surface area (Å²) in [6, 6.07) is 69.3. The van der Waals surface area contributed by atoms with E-state index >= 15 is 0 Å². The molecule has 0 fully saturated rings. The first-order valence-corrected chi connectivity index (χ1v) is 19.8. The molecule has 0 aliphatic rings. The fourth-order valence-electron chi connectivity index (χ4n) is 8.58. The van der Waals surface area contributed by atoms with E-state index in [0.717, 1.165) is 66.6 Å². The Morgan fingerprint density at radius 1 is 0.458 bits per heavy atom. The highest BCUT2D eigenvalue weighted by molar-refractivity contribution is 6.19. The Morgan fingerprint density at radius 3 is 1.71 bits per heavy atom. The largest absolute Gasteiger partial charge is 0.486 e. The lowest BCUT2D eigenvalue weighted by molar-refractivity contribution is 0.312. The molecule has 3 aromatic heterocycles. The summed E-state index contributed by atoms with van der Waals surface area (Å²) in [5.74, 6) is 1.17. The third-order valence-corrected chi connectivity index (χ3v) is 11.2. The van der Waals surface area contributed by atoms with Crippen molar-refractivity contribution < 1.29 is 4.74 Å². The molecular formula is C53H37N5O. The molecule has 0 atom stereocenters. The lowest BCUT2D eigenvalue weighted by Crippen LogP contribution is -2.06. The summed E-state index contributed by atoms with van der Waals surface area (Å²) in [6.07, 6.45) is 0. The highest BCUT2D eigenvalue weighted by Gasteiger charge is 2.25. The third kappa shape index (κ3) is 5.81. The topological polar surface area (TPSA) is 70.9 Å². The van der Waals surface area contributed by atoms with Gasteiger partial charge in [-0.15, -0.1) is 0 Å². The predicted octanol–water partition coefficient (Wildman–Crippen LogP) is 12.8. The molecule has 11 aromatic rings. The zero-order valence-corrected chi connectivity index (χ0v) is 32.0. The number of aromatic nitrogens is 4. The number of fused-ring (bicyclic) bond motifs is 6. The van der Waals surface area contributed by atoms with Gasteiger partial charge in [-0.1, -0.05) is 164 Å². The summed E-state index contributed by atoms with van der Waals surface area (Å²) < 4.78 is 11.3. The number of ether oxygens (including phenoxy) is 1. The number of anilines is 1. The molecule has 8 aromatic carbocycles. The van der Waals surface area contributed by atoms with Gasteiger partial charge in [0.15, 0.2) is 5.75 Å². The highest BCUT2D eigenvalue weighted by Crippen LogP contribution is 2.45. The number of nitrogens with zero attached hydrogens (tertiary/aromatic N) is 4. The molecule has 0 aliphatic heterocycles. The number of rotatable bonds is 8. The average molecular weight is 760 g/mol. The lowest BCUT2D eigenvalue weighted by Gasteiger charge is -2.15. The quantitative estimate of drug-likeness (QED) is 0.157. The van der Waals surface area contributed by atoms with Crippen LogP contribution in [0.15, 0.2) is 200 Å². The molecule has 0 aliphatic carbocycles. The van der Waals surface area contributed by atoms with Gasteiger partial charge in [-0.05, 0) is 53.1 Å². The zero-order valence-electron chi connectivity index (χ0n) is 32.0. The van der Waals surface area contributed by atoms with Crippen LogP contribution >= 0.6 is 0 Å². The number of benzene rings is 8. The summed E-state index contributed by atoms with van der Waals surface area (Å²) in [6.45, 7) is 0.365. The fraction of sp³-hybridized carbons (Fsp3) is 0.0189. The van der Waals surface area contributed by atoms with Crippen molar-refractivity contribution in [2.75, 3.05) is 5.73 Å². The Kier molecular flexibility index (Phi) is 8.26. The van der Waals surface area contributed by atoms with Gasteiger partial charge in [-0.3, -0.25) is 4.57 Å². The van der Waals surface area contributed by atoms with E-state index in [-0.39, 0.29) is 0 Å². The smallest absolute Gasteiger partial charge is 0.235 e. The zero-order chi connectivity index (χ0) is 39.3. The van der Waals surface area contributed by atoms with Crippen LogP contribution in [-0.2, 0) is 6.61 Å². The number of hydrogen-bond donors (Lipinski definition) is 1. The molecule has 6 heteroatoms. The van der Waals surface area contributed by atoms with Gasteiger partial charge in [0, 0.05) is 27.3 Å². The predicted molar refractivity (Wildman–Crippen MR) is 242 cm³/mol. The third-order valence-electron chi connectivity index (χ3n) is 11.2. The molecule has 0 amide bonds. The summed E-state index contributed by atoms with van der Waals surface area (Å²) in [7, 11) is 0. The number of nitrogen functional groups attached to an aromatic ring is 1. The minimum absolute atomic E-state index is 0.365. The first-order chi connectivity index (χ1) is 29.2. The molecule has 0 saturated heterocycles. The SMILES string of the molecule is Nc1ccc2c(c1OCc1ccccc1)c1cccc(-n3c4ccccc4c4c(-c5ccccc5)cccc43)c1n2-c1nc(-c2ccccc2)cc(-c2ccccc2)n1. The second-order valence-corrected chi connectivity index (χ2v) is 14.7. The van der Waals surface area contributed by atoms with Crippen LogP contribution in [0.3, 0.4) is 0 Å². The van der Waals surface area contributed by atoms with Crippen molar-refractivity contribution in [2.45, 2.75) is 6.61 Å². The first-order valence-electron chi connectivity index (χ1n) is 19.8. The molecule has 280 valence electrons. The van der Waals surface area contributed by atoms with Crippen LogP contribution in [0.25, 0.3) is 88.9 Å². The molecule has 3 heterocycles. The van der Waals surface area contributed by atoms with Crippen molar-refractivity contribution in [3.8, 4) is 51.0 Å². The maximum Gasteiger partial charge on any atom is 0.235 e. The van der Waals surface area contributed by atoms with Crippen LogP contribution in [0.4, 0.5) is 5.69 Å². The summed E-state index contributed by atoms with van der Waals surface area (Å²) in [5, 5.41) is 4.25. The Labute approximate surface area is 341 Å². The minimum Gasteiger partial charge on any atom is -0.486 e.